The molecule has 0 bridgehead atoms. The van der Waals surface area contributed by atoms with Crippen LogP contribution in [0, 0.1) is 6.92 Å². The van der Waals surface area contributed by atoms with Gasteiger partial charge in [0.2, 0.25) is 11.8 Å². The van der Waals surface area contributed by atoms with Gasteiger partial charge in [-0.05, 0) is 67.1 Å². The largest absolute Gasteiger partial charge is 0.467 e. The first-order chi connectivity index (χ1) is 17.0. The Kier molecular flexibility index (Phi) is 6.45. The Balaban J connectivity index is 1.48. The van der Waals surface area contributed by atoms with Gasteiger partial charge < -0.3 is 19.6 Å². The number of hydrogen-bond donors (Lipinski definition) is 2. The van der Waals surface area contributed by atoms with Gasteiger partial charge in [-0.2, -0.15) is 0 Å². The van der Waals surface area contributed by atoms with Crippen LogP contribution in [0.3, 0.4) is 0 Å². The van der Waals surface area contributed by atoms with Gasteiger partial charge in [-0.3, -0.25) is 9.59 Å². The second-order valence-electron chi connectivity index (χ2n) is 9.53. The van der Waals surface area contributed by atoms with Crippen molar-refractivity contribution >= 4 is 28.4 Å². The number of carbonyl (C=O) groups excluding carboxylic acids is 2. The van der Waals surface area contributed by atoms with Crippen LogP contribution in [0.5, 0.6) is 0 Å². The molecule has 0 aliphatic heterocycles. The van der Waals surface area contributed by atoms with Crippen molar-refractivity contribution in [2.24, 2.45) is 0 Å². The third kappa shape index (κ3) is 4.87. The highest BCUT2D eigenvalue weighted by Crippen LogP contribution is 2.37. The van der Waals surface area contributed by atoms with Gasteiger partial charge in [-0.1, -0.05) is 49.6 Å². The van der Waals surface area contributed by atoms with Gasteiger partial charge in [0.25, 0.3) is 0 Å². The lowest BCUT2D eigenvalue weighted by atomic mass is 9.78. The quantitative estimate of drug-likeness (QED) is 0.349. The molecule has 35 heavy (non-hydrogen) atoms. The fourth-order valence-electron chi connectivity index (χ4n) is 5.25. The average Bonchev–Trinajstić information content (AvgIpc) is 3.52. The number of para-hydroxylation sites is 1. The van der Waals surface area contributed by atoms with E-state index in [0.29, 0.717) is 18.6 Å². The molecule has 5 rings (SSSR count). The number of nitrogens with one attached hydrogen (secondary N) is 2. The van der Waals surface area contributed by atoms with E-state index in [1.165, 1.54) is 0 Å². The van der Waals surface area contributed by atoms with Crippen LogP contribution in [0.25, 0.3) is 10.9 Å². The zero-order valence-corrected chi connectivity index (χ0v) is 20.0. The van der Waals surface area contributed by atoms with E-state index >= 15 is 0 Å². The Hall–Kier alpha value is -3.80. The summed E-state index contributed by atoms with van der Waals surface area (Å²) in [5.41, 5.74) is 2.73. The van der Waals surface area contributed by atoms with Crippen molar-refractivity contribution in [3.05, 3.63) is 90.0 Å². The van der Waals surface area contributed by atoms with E-state index in [0.717, 1.165) is 47.1 Å². The minimum absolute atomic E-state index is 0.0887. The third-order valence-corrected chi connectivity index (χ3v) is 7.02. The van der Waals surface area contributed by atoms with Crippen LogP contribution in [-0.4, -0.2) is 27.2 Å². The Morgan fingerprint density at radius 2 is 1.83 bits per heavy atom. The van der Waals surface area contributed by atoms with Crippen LogP contribution < -0.4 is 5.32 Å². The summed E-state index contributed by atoms with van der Waals surface area (Å²) in [6, 6.07) is 21.5. The molecule has 1 aliphatic carbocycles. The molecule has 2 aromatic heterocycles. The van der Waals surface area contributed by atoms with Crippen molar-refractivity contribution in [3.8, 4) is 0 Å². The van der Waals surface area contributed by atoms with E-state index in [1.807, 2.05) is 73.7 Å². The maximum Gasteiger partial charge on any atom is 0.250 e. The smallest absolute Gasteiger partial charge is 0.250 e. The highest BCUT2D eigenvalue weighted by molar-refractivity contribution is 6.01. The monoisotopic (exact) mass is 469 g/mol. The highest BCUT2D eigenvalue weighted by Gasteiger charge is 2.47. The Morgan fingerprint density at radius 1 is 1.00 bits per heavy atom. The summed E-state index contributed by atoms with van der Waals surface area (Å²) in [6.07, 6.45) is 5.91. The van der Waals surface area contributed by atoms with Gasteiger partial charge in [-0.25, -0.2) is 0 Å². The van der Waals surface area contributed by atoms with Crippen molar-refractivity contribution in [2.45, 2.75) is 57.5 Å². The molecular weight excluding hydrogens is 438 g/mol. The average molecular weight is 470 g/mol. The normalized spacial score (nSPS) is 15.1. The molecule has 1 aliphatic rings. The van der Waals surface area contributed by atoms with Crippen LogP contribution in [0.1, 0.15) is 49.1 Å². The maximum absolute atomic E-state index is 13.9. The molecule has 0 atom stereocenters. The first kappa shape index (κ1) is 23.0. The Labute approximate surface area is 205 Å². The number of amides is 2. The van der Waals surface area contributed by atoms with Gasteiger partial charge in [0.1, 0.15) is 11.3 Å². The summed E-state index contributed by atoms with van der Waals surface area (Å²) in [5, 5.41) is 4.19. The van der Waals surface area contributed by atoms with Gasteiger partial charge in [0, 0.05) is 16.9 Å². The minimum atomic E-state index is -0.933. The van der Waals surface area contributed by atoms with Crippen molar-refractivity contribution < 1.29 is 14.0 Å². The van der Waals surface area contributed by atoms with E-state index < -0.39 is 5.54 Å². The molecule has 2 N–H and O–H groups in total. The van der Waals surface area contributed by atoms with Crippen molar-refractivity contribution in [1.82, 2.24) is 9.88 Å². The number of fused-ring (bicyclic) bond motifs is 1. The summed E-state index contributed by atoms with van der Waals surface area (Å²) in [5.74, 6) is 0.455. The number of anilines is 1. The molecule has 0 unspecified atom stereocenters. The molecule has 2 amide bonds. The van der Waals surface area contributed by atoms with Gasteiger partial charge in [0.05, 0.1) is 19.2 Å². The highest BCUT2D eigenvalue weighted by atomic mass is 16.3. The zero-order valence-electron chi connectivity index (χ0n) is 20.0. The number of H-pyrrole nitrogens is 1. The summed E-state index contributed by atoms with van der Waals surface area (Å²) >= 11 is 0. The third-order valence-electron chi connectivity index (χ3n) is 7.02. The minimum Gasteiger partial charge on any atom is -0.467 e. The van der Waals surface area contributed by atoms with Crippen LogP contribution in [-0.2, 0) is 22.6 Å². The van der Waals surface area contributed by atoms with Gasteiger partial charge >= 0.3 is 0 Å². The van der Waals surface area contributed by atoms with Crippen LogP contribution in [0.15, 0.2) is 77.4 Å². The molecule has 4 aromatic rings. The first-order valence-electron chi connectivity index (χ1n) is 12.3. The lowest BCUT2D eigenvalue weighted by Crippen LogP contribution is -2.60. The summed E-state index contributed by atoms with van der Waals surface area (Å²) < 4.78 is 5.63. The maximum atomic E-state index is 13.9. The molecule has 0 spiro atoms. The molecule has 1 saturated carbocycles. The van der Waals surface area contributed by atoms with Gasteiger partial charge in [0.15, 0.2) is 0 Å². The number of aromatic amines is 1. The molecule has 0 saturated heterocycles. The lowest BCUT2D eigenvalue weighted by molar-refractivity contribution is -0.148. The molecule has 2 heterocycles. The number of nitrogens with zero attached hydrogens (tertiary/aromatic N) is 1. The number of aromatic nitrogens is 1. The summed E-state index contributed by atoms with van der Waals surface area (Å²) in [4.78, 5) is 33.0. The predicted molar refractivity (Wildman–Crippen MR) is 137 cm³/mol. The lowest BCUT2D eigenvalue weighted by Gasteiger charge is -2.44. The second kappa shape index (κ2) is 9.82. The number of carbonyl (C=O) groups is 2. The molecule has 180 valence electrons. The SMILES string of the molecule is Cc1cccc(NC(=O)C2(N(Cc3ccco3)C(=O)Cc3cc4ccccc4[nH]3)CCCCC2)c1. The number of aryl methyl sites for hydroxylation is 1. The number of rotatable bonds is 7. The molecule has 2 aromatic carbocycles. The molecule has 6 heteroatoms. The first-order valence-corrected chi connectivity index (χ1v) is 12.3. The fraction of sp³-hybridized carbons (Fsp3) is 0.310. The topological polar surface area (TPSA) is 78.3 Å². The van der Waals surface area contributed by atoms with Crippen molar-refractivity contribution in [1.29, 1.82) is 0 Å². The molecular formula is C29H31N3O3. The zero-order chi connectivity index (χ0) is 24.3. The summed E-state index contributed by atoms with van der Waals surface area (Å²) in [6.45, 7) is 2.26. The number of furan rings is 1. The van der Waals surface area contributed by atoms with E-state index in [2.05, 4.69) is 10.3 Å². The Bertz CT molecular complexity index is 1280. The summed E-state index contributed by atoms with van der Waals surface area (Å²) in [7, 11) is 0. The van der Waals surface area contributed by atoms with E-state index in [4.69, 9.17) is 4.42 Å². The molecule has 0 radical (unpaired) electrons. The van der Waals surface area contributed by atoms with Crippen LogP contribution in [0.2, 0.25) is 0 Å². The van der Waals surface area contributed by atoms with Crippen molar-refractivity contribution in [2.75, 3.05) is 5.32 Å². The van der Waals surface area contributed by atoms with Crippen LogP contribution in [0.4, 0.5) is 5.69 Å². The predicted octanol–water partition coefficient (Wildman–Crippen LogP) is 5.98. The standard InChI is InChI=1S/C29H31N3O3/c1-21-9-7-11-23(17-21)31-28(34)29(14-5-2-6-15-29)32(20-25-12-8-16-35-25)27(33)19-24-18-22-10-3-4-13-26(22)30-24/h3-4,7-13,16-18,30H,2,5-6,14-15,19-20H2,1H3,(H,31,34). The molecule has 1 fully saturated rings. The second-order valence-corrected chi connectivity index (χ2v) is 9.53. The van der Waals surface area contributed by atoms with E-state index in [1.54, 1.807) is 11.2 Å². The van der Waals surface area contributed by atoms with E-state index in [-0.39, 0.29) is 24.8 Å². The number of benzene rings is 2. The van der Waals surface area contributed by atoms with Crippen LogP contribution >= 0.6 is 0 Å². The fourth-order valence-corrected chi connectivity index (χ4v) is 5.25. The number of hydrogen-bond acceptors (Lipinski definition) is 3. The van der Waals surface area contributed by atoms with E-state index in [9.17, 15) is 9.59 Å². The van der Waals surface area contributed by atoms with Gasteiger partial charge in [-0.15, -0.1) is 0 Å². The molecule has 6 nitrogen and oxygen atoms in total. The van der Waals surface area contributed by atoms with Crippen molar-refractivity contribution in [3.63, 3.8) is 0 Å². The Morgan fingerprint density at radius 3 is 2.57 bits per heavy atom.